The number of rotatable bonds is 5. The Morgan fingerprint density at radius 2 is 2.07 bits per heavy atom. The minimum Gasteiger partial charge on any atom is -0.356 e. The molecule has 1 aromatic heterocycles. The van der Waals surface area contributed by atoms with E-state index in [1.165, 1.54) is 24.3 Å². The average molecular weight is 519 g/mol. The number of hydrogen-bond donors (Lipinski definition) is 2. The van der Waals surface area contributed by atoms with Crippen LogP contribution in [0.5, 0.6) is 0 Å². The lowest BCUT2D eigenvalue weighted by Gasteiger charge is -2.39. The van der Waals surface area contributed by atoms with E-state index in [1.54, 1.807) is 0 Å². The van der Waals surface area contributed by atoms with Gasteiger partial charge in [0.25, 0.3) is 0 Å². The number of nitrogens with one attached hydrogen (secondary N) is 2. The Morgan fingerprint density at radius 3 is 2.78 bits per heavy atom. The van der Waals surface area contributed by atoms with Crippen LogP contribution in [-0.4, -0.2) is 38.0 Å². The smallest absolute Gasteiger partial charge is 0.191 e. The molecule has 148 valence electrons. The van der Waals surface area contributed by atoms with Gasteiger partial charge in [-0.1, -0.05) is 35.9 Å². The Morgan fingerprint density at radius 1 is 1.26 bits per heavy atom. The molecule has 27 heavy (non-hydrogen) atoms. The highest BCUT2D eigenvalue weighted by molar-refractivity contribution is 14.0. The van der Waals surface area contributed by atoms with Crippen molar-refractivity contribution in [3.05, 3.63) is 57.2 Å². The van der Waals surface area contributed by atoms with Crippen molar-refractivity contribution in [1.29, 1.82) is 0 Å². The molecule has 0 spiro atoms. The lowest BCUT2D eigenvalue weighted by Crippen LogP contribution is -2.44. The van der Waals surface area contributed by atoms with Crippen molar-refractivity contribution in [2.75, 3.05) is 27.2 Å². The molecule has 0 amide bonds. The molecule has 1 aliphatic heterocycles. The monoisotopic (exact) mass is 518 g/mol. The van der Waals surface area contributed by atoms with E-state index in [-0.39, 0.29) is 24.0 Å². The molecule has 4 nitrogen and oxygen atoms in total. The van der Waals surface area contributed by atoms with Gasteiger partial charge < -0.3 is 10.6 Å². The van der Waals surface area contributed by atoms with Crippen LogP contribution in [0.15, 0.2) is 46.8 Å². The van der Waals surface area contributed by atoms with Gasteiger partial charge in [-0.3, -0.25) is 9.89 Å². The van der Waals surface area contributed by atoms with E-state index in [4.69, 9.17) is 11.6 Å². The molecule has 2 aromatic rings. The summed E-state index contributed by atoms with van der Waals surface area (Å²) in [6.07, 6.45) is 2.48. The van der Waals surface area contributed by atoms with Gasteiger partial charge in [0.15, 0.2) is 5.96 Å². The molecular weight excluding hydrogens is 491 g/mol. The number of likely N-dealkylation sites (tertiary alicyclic amines) is 1. The Hall–Kier alpha value is -0.830. The minimum absolute atomic E-state index is 0. The zero-order valence-corrected chi connectivity index (χ0v) is 19.7. The predicted molar refractivity (Wildman–Crippen MR) is 127 cm³/mol. The second-order valence-corrected chi connectivity index (χ2v) is 8.13. The third kappa shape index (κ3) is 6.07. The van der Waals surface area contributed by atoms with Crippen LogP contribution in [0.3, 0.4) is 0 Å². The zero-order chi connectivity index (χ0) is 18.4. The van der Waals surface area contributed by atoms with E-state index in [0.717, 1.165) is 23.1 Å². The second kappa shape index (κ2) is 11.2. The summed E-state index contributed by atoms with van der Waals surface area (Å²) in [6, 6.07) is 12.8. The van der Waals surface area contributed by atoms with Crippen LogP contribution < -0.4 is 10.6 Å². The zero-order valence-electron chi connectivity index (χ0n) is 15.8. The molecule has 0 radical (unpaired) electrons. The highest BCUT2D eigenvalue weighted by Gasteiger charge is 2.31. The summed E-state index contributed by atoms with van der Waals surface area (Å²) >= 11 is 8.09. The van der Waals surface area contributed by atoms with Gasteiger partial charge in [0, 0.05) is 36.1 Å². The van der Waals surface area contributed by atoms with E-state index in [1.807, 2.05) is 42.6 Å². The van der Waals surface area contributed by atoms with Gasteiger partial charge in [-0.25, -0.2) is 0 Å². The molecule has 2 N–H and O–H groups in total. The standard InChI is InChI=1S/C20H27ClN4S.HI/c1-22-20(23-13-15-7-3-4-9-17(15)21)24-14-16-8-5-11-25(2)19(16)18-10-6-12-26-18;/h3-4,6-7,9-10,12,16,19H,5,8,11,13-14H2,1-2H3,(H2,22,23,24);1H. The maximum atomic E-state index is 6.24. The SMILES string of the molecule is CN=C(NCc1ccccc1Cl)NCC1CCCN(C)C1c1cccs1.I. The number of thiophene rings is 1. The molecule has 1 aliphatic rings. The predicted octanol–water partition coefficient (Wildman–Crippen LogP) is 4.77. The summed E-state index contributed by atoms with van der Waals surface area (Å²) < 4.78 is 0. The van der Waals surface area contributed by atoms with Crippen LogP contribution in [0, 0.1) is 5.92 Å². The molecule has 1 saturated heterocycles. The van der Waals surface area contributed by atoms with Gasteiger partial charge in [0.05, 0.1) is 0 Å². The summed E-state index contributed by atoms with van der Waals surface area (Å²) in [7, 11) is 4.05. The first kappa shape index (κ1) is 22.5. The molecule has 2 unspecified atom stereocenters. The molecule has 0 aliphatic carbocycles. The molecule has 1 fully saturated rings. The van der Waals surface area contributed by atoms with Gasteiger partial charge in [-0.15, -0.1) is 35.3 Å². The third-order valence-electron chi connectivity index (χ3n) is 5.00. The second-order valence-electron chi connectivity index (χ2n) is 6.74. The van der Waals surface area contributed by atoms with Gasteiger partial charge in [-0.2, -0.15) is 0 Å². The lowest BCUT2D eigenvalue weighted by atomic mass is 9.88. The summed E-state index contributed by atoms with van der Waals surface area (Å²) in [4.78, 5) is 8.31. The van der Waals surface area contributed by atoms with Crippen molar-refractivity contribution in [3.8, 4) is 0 Å². The molecule has 0 bridgehead atoms. The third-order valence-corrected chi connectivity index (χ3v) is 6.31. The van der Waals surface area contributed by atoms with E-state index in [9.17, 15) is 0 Å². The van der Waals surface area contributed by atoms with E-state index in [2.05, 4.69) is 45.1 Å². The Kier molecular flexibility index (Phi) is 9.35. The van der Waals surface area contributed by atoms with E-state index >= 15 is 0 Å². The molecule has 7 heteroatoms. The first-order valence-electron chi connectivity index (χ1n) is 9.10. The van der Waals surface area contributed by atoms with Gasteiger partial charge in [-0.05, 0) is 55.4 Å². The summed E-state index contributed by atoms with van der Waals surface area (Å²) in [5, 5.41) is 9.84. The summed E-state index contributed by atoms with van der Waals surface area (Å²) in [6.45, 7) is 2.74. The Labute approximate surface area is 188 Å². The molecule has 3 rings (SSSR count). The van der Waals surface area contributed by atoms with Crippen LogP contribution in [0.1, 0.15) is 29.3 Å². The van der Waals surface area contributed by atoms with Crippen molar-refractivity contribution in [2.24, 2.45) is 10.9 Å². The van der Waals surface area contributed by atoms with Crippen LogP contribution in [-0.2, 0) is 6.54 Å². The lowest BCUT2D eigenvalue weighted by molar-refractivity contribution is 0.125. The number of nitrogens with zero attached hydrogens (tertiary/aromatic N) is 2. The molecule has 2 heterocycles. The number of benzene rings is 1. The van der Waals surface area contributed by atoms with Crippen molar-refractivity contribution < 1.29 is 0 Å². The van der Waals surface area contributed by atoms with E-state index in [0.29, 0.717) is 18.5 Å². The Balaban J connectivity index is 0.00000261. The van der Waals surface area contributed by atoms with Crippen LogP contribution in [0.25, 0.3) is 0 Å². The van der Waals surface area contributed by atoms with Crippen LogP contribution in [0.4, 0.5) is 0 Å². The molecule has 2 atom stereocenters. The van der Waals surface area contributed by atoms with Crippen molar-refractivity contribution in [1.82, 2.24) is 15.5 Å². The molecular formula is C20H28ClIN4S. The number of guanidine groups is 1. The fraction of sp³-hybridized carbons (Fsp3) is 0.450. The average Bonchev–Trinajstić information content (AvgIpc) is 3.17. The normalized spacial score (nSPS) is 20.8. The quantitative estimate of drug-likeness (QED) is 0.340. The Bertz CT molecular complexity index is 723. The largest absolute Gasteiger partial charge is 0.356 e. The maximum Gasteiger partial charge on any atom is 0.191 e. The van der Waals surface area contributed by atoms with Crippen molar-refractivity contribution in [2.45, 2.75) is 25.4 Å². The van der Waals surface area contributed by atoms with E-state index < -0.39 is 0 Å². The summed E-state index contributed by atoms with van der Waals surface area (Å²) in [5.41, 5.74) is 1.07. The fourth-order valence-electron chi connectivity index (χ4n) is 3.65. The fourth-order valence-corrected chi connectivity index (χ4v) is 4.84. The highest BCUT2D eigenvalue weighted by atomic mass is 127. The topological polar surface area (TPSA) is 39.7 Å². The first-order chi connectivity index (χ1) is 12.7. The minimum atomic E-state index is 0. The molecule has 1 aromatic carbocycles. The van der Waals surface area contributed by atoms with Crippen molar-refractivity contribution in [3.63, 3.8) is 0 Å². The number of halogens is 2. The summed E-state index contributed by atoms with van der Waals surface area (Å²) in [5.74, 6) is 1.40. The number of piperidine rings is 1. The van der Waals surface area contributed by atoms with Crippen LogP contribution >= 0.6 is 46.9 Å². The number of aliphatic imine (C=N–C) groups is 1. The van der Waals surface area contributed by atoms with Crippen LogP contribution in [0.2, 0.25) is 5.02 Å². The highest BCUT2D eigenvalue weighted by Crippen LogP contribution is 2.36. The van der Waals surface area contributed by atoms with Gasteiger partial charge >= 0.3 is 0 Å². The van der Waals surface area contributed by atoms with Gasteiger partial charge in [0.1, 0.15) is 0 Å². The van der Waals surface area contributed by atoms with Crippen molar-refractivity contribution >= 4 is 52.9 Å². The molecule has 0 saturated carbocycles. The maximum absolute atomic E-state index is 6.24. The number of hydrogen-bond acceptors (Lipinski definition) is 3. The first-order valence-corrected chi connectivity index (χ1v) is 10.4. The van der Waals surface area contributed by atoms with Gasteiger partial charge in [0.2, 0.25) is 0 Å².